The summed E-state index contributed by atoms with van der Waals surface area (Å²) in [6.07, 6.45) is 0. The number of benzene rings is 1. The van der Waals surface area contributed by atoms with Gasteiger partial charge in [-0.15, -0.1) is 0 Å². The van der Waals surface area contributed by atoms with Gasteiger partial charge in [-0.1, -0.05) is 0 Å². The molecule has 5 nitrogen and oxygen atoms in total. The standard InChI is InChI=1S/C10H8O5/c1-14-5-2-3-6-7(4-5)15-10(13)9(12)8(6)11/h2-4,12-13H,1H3. The molecule has 0 fully saturated rings. The minimum atomic E-state index is -0.791. The van der Waals surface area contributed by atoms with Crippen LogP contribution in [-0.4, -0.2) is 17.3 Å². The van der Waals surface area contributed by atoms with Gasteiger partial charge in [-0.3, -0.25) is 4.79 Å². The van der Waals surface area contributed by atoms with E-state index in [-0.39, 0.29) is 11.0 Å². The molecule has 0 aliphatic rings. The lowest BCUT2D eigenvalue weighted by Crippen LogP contribution is -2.00. The predicted molar refractivity (Wildman–Crippen MR) is 52.4 cm³/mol. The van der Waals surface area contributed by atoms with Crippen LogP contribution < -0.4 is 10.2 Å². The monoisotopic (exact) mass is 208 g/mol. The third kappa shape index (κ3) is 1.38. The molecule has 2 aromatic rings. The van der Waals surface area contributed by atoms with Gasteiger partial charge in [0.15, 0.2) is 0 Å². The van der Waals surface area contributed by atoms with Crippen LogP contribution in [0.2, 0.25) is 0 Å². The molecule has 0 aliphatic heterocycles. The number of fused-ring (bicyclic) bond motifs is 1. The maximum Gasteiger partial charge on any atom is 0.330 e. The van der Waals surface area contributed by atoms with Crippen LogP contribution in [-0.2, 0) is 0 Å². The fourth-order valence-electron chi connectivity index (χ4n) is 1.28. The van der Waals surface area contributed by atoms with Crippen LogP contribution in [0, 0.1) is 0 Å². The van der Waals surface area contributed by atoms with Gasteiger partial charge in [-0.05, 0) is 12.1 Å². The van der Waals surface area contributed by atoms with E-state index in [4.69, 9.17) is 19.4 Å². The van der Waals surface area contributed by atoms with Crippen LogP contribution in [0.25, 0.3) is 11.0 Å². The quantitative estimate of drug-likeness (QED) is 0.736. The zero-order chi connectivity index (χ0) is 11.0. The molecule has 2 N–H and O–H groups in total. The average Bonchev–Trinajstić information content (AvgIpc) is 2.25. The third-order valence-corrected chi connectivity index (χ3v) is 2.06. The van der Waals surface area contributed by atoms with E-state index in [0.29, 0.717) is 5.75 Å². The van der Waals surface area contributed by atoms with Crippen molar-refractivity contribution in [2.45, 2.75) is 0 Å². The van der Waals surface area contributed by atoms with E-state index in [1.807, 2.05) is 0 Å². The van der Waals surface area contributed by atoms with Gasteiger partial charge in [0.25, 0.3) is 0 Å². The molecule has 0 atom stereocenters. The van der Waals surface area contributed by atoms with Crippen molar-refractivity contribution in [1.82, 2.24) is 0 Å². The predicted octanol–water partition coefficient (Wildman–Crippen LogP) is 1.21. The number of methoxy groups -OCH3 is 1. The summed E-state index contributed by atoms with van der Waals surface area (Å²) in [6, 6.07) is 4.48. The Balaban J connectivity index is 2.86. The van der Waals surface area contributed by atoms with Crippen molar-refractivity contribution >= 4 is 11.0 Å². The fraction of sp³-hybridized carbons (Fsp3) is 0.100. The van der Waals surface area contributed by atoms with Crippen molar-refractivity contribution in [3.63, 3.8) is 0 Å². The molecule has 0 spiro atoms. The van der Waals surface area contributed by atoms with Crippen LogP contribution in [0.5, 0.6) is 17.4 Å². The number of hydrogen-bond donors (Lipinski definition) is 2. The molecule has 0 amide bonds. The van der Waals surface area contributed by atoms with E-state index in [2.05, 4.69) is 0 Å². The second kappa shape index (κ2) is 3.20. The maximum atomic E-state index is 11.4. The Morgan fingerprint density at radius 1 is 1.33 bits per heavy atom. The van der Waals surface area contributed by atoms with E-state index in [0.717, 1.165) is 0 Å². The summed E-state index contributed by atoms with van der Waals surface area (Å²) in [4.78, 5) is 11.4. The molecule has 0 unspecified atom stereocenters. The molecule has 2 rings (SSSR count). The summed E-state index contributed by atoms with van der Waals surface area (Å²) in [5.74, 6) is -1.08. The Labute approximate surface area is 84.1 Å². The maximum absolute atomic E-state index is 11.4. The third-order valence-electron chi connectivity index (χ3n) is 2.06. The van der Waals surface area contributed by atoms with E-state index >= 15 is 0 Å². The zero-order valence-electron chi connectivity index (χ0n) is 7.85. The molecule has 0 saturated heterocycles. The molecule has 1 aromatic heterocycles. The van der Waals surface area contributed by atoms with Gasteiger partial charge in [0.2, 0.25) is 11.2 Å². The first kappa shape index (κ1) is 9.39. The Hall–Kier alpha value is -2.17. The van der Waals surface area contributed by atoms with Crippen molar-refractivity contribution in [2.24, 2.45) is 0 Å². The highest BCUT2D eigenvalue weighted by atomic mass is 16.5. The van der Waals surface area contributed by atoms with Crippen molar-refractivity contribution < 1.29 is 19.4 Å². The van der Waals surface area contributed by atoms with Gasteiger partial charge >= 0.3 is 5.95 Å². The van der Waals surface area contributed by atoms with E-state index in [9.17, 15) is 4.79 Å². The summed E-state index contributed by atoms with van der Waals surface area (Å²) >= 11 is 0. The number of hydrogen-bond acceptors (Lipinski definition) is 5. The molecular formula is C10H8O5. The molecule has 0 bridgehead atoms. The van der Waals surface area contributed by atoms with E-state index in [1.165, 1.54) is 19.2 Å². The van der Waals surface area contributed by atoms with Gasteiger partial charge in [0.1, 0.15) is 11.3 Å². The molecule has 1 aromatic carbocycles. The van der Waals surface area contributed by atoms with Crippen molar-refractivity contribution in [2.75, 3.05) is 7.11 Å². The Kier molecular flexibility index (Phi) is 2.00. The molecule has 15 heavy (non-hydrogen) atoms. The highest BCUT2D eigenvalue weighted by Crippen LogP contribution is 2.27. The Bertz CT molecular complexity index is 570. The molecule has 78 valence electrons. The van der Waals surface area contributed by atoms with E-state index in [1.54, 1.807) is 6.07 Å². The normalized spacial score (nSPS) is 10.5. The summed E-state index contributed by atoms with van der Waals surface area (Å²) in [7, 11) is 1.47. The van der Waals surface area contributed by atoms with Crippen LogP contribution in [0.1, 0.15) is 0 Å². The molecule has 0 aliphatic carbocycles. The summed E-state index contributed by atoms with van der Waals surface area (Å²) in [5.41, 5.74) is -0.508. The van der Waals surface area contributed by atoms with Gasteiger partial charge < -0.3 is 19.4 Å². The molecule has 1 heterocycles. The van der Waals surface area contributed by atoms with Gasteiger partial charge in [-0.25, -0.2) is 0 Å². The summed E-state index contributed by atoms with van der Waals surface area (Å²) in [6.45, 7) is 0. The number of rotatable bonds is 1. The van der Waals surface area contributed by atoms with Crippen LogP contribution in [0.15, 0.2) is 27.4 Å². The van der Waals surface area contributed by atoms with Gasteiger partial charge in [0.05, 0.1) is 12.5 Å². The minimum Gasteiger partial charge on any atom is -0.499 e. The second-order valence-electron chi connectivity index (χ2n) is 2.95. The second-order valence-corrected chi connectivity index (χ2v) is 2.95. The first-order valence-corrected chi connectivity index (χ1v) is 4.16. The number of ether oxygens (including phenoxy) is 1. The average molecular weight is 208 g/mol. The summed E-state index contributed by atoms with van der Waals surface area (Å²) < 4.78 is 9.77. The Morgan fingerprint density at radius 3 is 2.73 bits per heavy atom. The molecular weight excluding hydrogens is 200 g/mol. The minimum absolute atomic E-state index is 0.162. The smallest absolute Gasteiger partial charge is 0.330 e. The molecule has 0 radical (unpaired) electrons. The van der Waals surface area contributed by atoms with Crippen molar-refractivity contribution in [3.8, 4) is 17.4 Å². The highest BCUT2D eigenvalue weighted by Gasteiger charge is 2.12. The van der Waals surface area contributed by atoms with Crippen molar-refractivity contribution in [1.29, 1.82) is 0 Å². The van der Waals surface area contributed by atoms with Crippen molar-refractivity contribution in [3.05, 3.63) is 28.4 Å². The van der Waals surface area contributed by atoms with Gasteiger partial charge in [-0.2, -0.15) is 0 Å². The van der Waals surface area contributed by atoms with Crippen LogP contribution in [0.4, 0.5) is 0 Å². The lowest BCUT2D eigenvalue weighted by atomic mass is 10.2. The largest absolute Gasteiger partial charge is 0.499 e. The molecule has 5 heteroatoms. The molecule has 0 saturated carbocycles. The zero-order valence-corrected chi connectivity index (χ0v) is 7.85. The first-order chi connectivity index (χ1) is 7.13. The van der Waals surface area contributed by atoms with E-state index < -0.39 is 17.1 Å². The van der Waals surface area contributed by atoms with Crippen LogP contribution in [0.3, 0.4) is 0 Å². The van der Waals surface area contributed by atoms with Gasteiger partial charge in [0, 0.05) is 6.07 Å². The Morgan fingerprint density at radius 2 is 2.07 bits per heavy atom. The highest BCUT2D eigenvalue weighted by molar-refractivity contribution is 5.79. The topological polar surface area (TPSA) is 79.9 Å². The summed E-state index contributed by atoms with van der Waals surface area (Å²) in [5, 5.41) is 18.4. The van der Waals surface area contributed by atoms with Crippen LogP contribution >= 0.6 is 0 Å². The SMILES string of the molecule is COc1ccc2c(=O)c(O)c(O)oc2c1. The first-order valence-electron chi connectivity index (χ1n) is 4.16. The lowest BCUT2D eigenvalue weighted by molar-refractivity contribution is 0.302. The lowest BCUT2D eigenvalue weighted by Gasteiger charge is -2.02. The number of aromatic hydroxyl groups is 2. The fourth-order valence-corrected chi connectivity index (χ4v) is 1.28.